The summed E-state index contributed by atoms with van der Waals surface area (Å²) in [6, 6.07) is 8.69. The van der Waals surface area contributed by atoms with E-state index in [0.717, 1.165) is 25.8 Å². The molecule has 1 saturated heterocycles. The molecule has 2 aliphatic rings. The van der Waals surface area contributed by atoms with Gasteiger partial charge in [-0.3, -0.25) is 0 Å². The van der Waals surface area contributed by atoms with E-state index in [2.05, 4.69) is 43.4 Å². The van der Waals surface area contributed by atoms with Gasteiger partial charge in [-0.05, 0) is 55.2 Å². The molecule has 1 aromatic carbocycles. The predicted molar refractivity (Wildman–Crippen MR) is 78.2 cm³/mol. The van der Waals surface area contributed by atoms with Crippen molar-refractivity contribution in [3.8, 4) is 0 Å². The van der Waals surface area contributed by atoms with E-state index < -0.39 is 5.60 Å². The van der Waals surface area contributed by atoms with Gasteiger partial charge in [0.1, 0.15) is 5.60 Å². The van der Waals surface area contributed by atoms with Gasteiger partial charge >= 0.3 is 0 Å². The minimum Gasteiger partial charge on any atom is -0.384 e. The molecule has 3 rings (SSSR count). The second-order valence-electron chi connectivity index (χ2n) is 6.59. The van der Waals surface area contributed by atoms with Crippen molar-refractivity contribution in [1.29, 1.82) is 0 Å². The lowest BCUT2D eigenvalue weighted by Gasteiger charge is -2.45. The van der Waals surface area contributed by atoms with Gasteiger partial charge in [0.2, 0.25) is 0 Å². The fourth-order valence-corrected chi connectivity index (χ4v) is 3.88. The van der Waals surface area contributed by atoms with Crippen LogP contribution in [0.1, 0.15) is 56.6 Å². The van der Waals surface area contributed by atoms with Gasteiger partial charge in [0.05, 0.1) is 0 Å². The van der Waals surface area contributed by atoms with Gasteiger partial charge < -0.3 is 10.4 Å². The zero-order chi connectivity index (χ0) is 13.5. The number of nitrogens with one attached hydrogen (secondary N) is 1. The molecule has 0 radical (unpaired) electrons. The topological polar surface area (TPSA) is 32.3 Å². The van der Waals surface area contributed by atoms with Gasteiger partial charge in [-0.25, -0.2) is 0 Å². The molecule has 2 nitrogen and oxygen atoms in total. The highest BCUT2D eigenvalue weighted by Gasteiger charge is 2.44. The Morgan fingerprint density at radius 1 is 1.21 bits per heavy atom. The first kappa shape index (κ1) is 13.1. The van der Waals surface area contributed by atoms with E-state index in [-0.39, 0.29) is 6.04 Å². The van der Waals surface area contributed by atoms with Gasteiger partial charge in [-0.15, -0.1) is 0 Å². The fourth-order valence-electron chi connectivity index (χ4n) is 3.88. The molecule has 0 spiro atoms. The second-order valence-corrected chi connectivity index (χ2v) is 6.59. The molecule has 1 fully saturated rings. The Morgan fingerprint density at radius 3 is 2.79 bits per heavy atom. The van der Waals surface area contributed by atoms with Gasteiger partial charge in [0, 0.05) is 6.04 Å². The highest BCUT2D eigenvalue weighted by atomic mass is 16.3. The van der Waals surface area contributed by atoms with Crippen LogP contribution >= 0.6 is 0 Å². The second kappa shape index (κ2) is 4.92. The molecule has 2 N–H and O–H groups in total. The van der Waals surface area contributed by atoms with E-state index in [1.165, 1.54) is 17.5 Å². The average molecular weight is 259 g/mol. The average Bonchev–Trinajstić information content (AvgIpc) is 2.43. The molecule has 1 heterocycles. The Morgan fingerprint density at radius 2 is 2.00 bits per heavy atom. The van der Waals surface area contributed by atoms with Crippen LogP contribution in [-0.2, 0) is 5.60 Å². The van der Waals surface area contributed by atoms with E-state index in [1.54, 1.807) is 0 Å². The van der Waals surface area contributed by atoms with Gasteiger partial charge in [-0.2, -0.15) is 0 Å². The van der Waals surface area contributed by atoms with Crippen molar-refractivity contribution in [1.82, 2.24) is 5.32 Å². The summed E-state index contributed by atoms with van der Waals surface area (Å²) in [5.41, 5.74) is 1.84. The molecule has 104 valence electrons. The lowest BCUT2D eigenvalue weighted by molar-refractivity contribution is -0.0353. The molecular weight excluding hydrogens is 234 g/mol. The van der Waals surface area contributed by atoms with Crippen LogP contribution in [-0.4, -0.2) is 17.7 Å². The standard InChI is InChI=1S/C17H25NO/c1-12-8-10-18-16(11-12)17(19)9-7-13(2)14-5-3-4-6-15(14)17/h3-6,12-13,16,18-19H,7-11H2,1-2H3. The Labute approximate surface area is 116 Å². The van der Waals surface area contributed by atoms with Crippen molar-refractivity contribution in [3.05, 3.63) is 35.4 Å². The predicted octanol–water partition coefficient (Wildman–Crippen LogP) is 3.16. The van der Waals surface area contributed by atoms with Crippen molar-refractivity contribution in [2.24, 2.45) is 5.92 Å². The van der Waals surface area contributed by atoms with Crippen LogP contribution in [0.3, 0.4) is 0 Å². The van der Waals surface area contributed by atoms with Gasteiger partial charge in [-0.1, -0.05) is 38.1 Å². The number of aliphatic hydroxyl groups is 1. The molecule has 2 heteroatoms. The van der Waals surface area contributed by atoms with Crippen molar-refractivity contribution in [2.75, 3.05) is 6.54 Å². The summed E-state index contributed by atoms with van der Waals surface area (Å²) in [6.07, 6.45) is 4.28. The van der Waals surface area contributed by atoms with Gasteiger partial charge in [0.25, 0.3) is 0 Å². The molecule has 0 saturated carbocycles. The third-order valence-electron chi connectivity index (χ3n) is 5.16. The van der Waals surface area contributed by atoms with E-state index in [9.17, 15) is 5.11 Å². The molecule has 4 atom stereocenters. The maximum atomic E-state index is 11.3. The molecule has 4 unspecified atom stereocenters. The lowest BCUT2D eigenvalue weighted by Crippen LogP contribution is -2.53. The van der Waals surface area contributed by atoms with Crippen molar-refractivity contribution >= 4 is 0 Å². The summed E-state index contributed by atoms with van der Waals surface area (Å²) < 4.78 is 0. The number of fused-ring (bicyclic) bond motifs is 1. The normalized spacial score (nSPS) is 38.8. The Bertz CT molecular complexity index is 458. The zero-order valence-electron chi connectivity index (χ0n) is 12.0. The maximum Gasteiger partial charge on any atom is 0.105 e. The Balaban J connectivity index is 1.98. The van der Waals surface area contributed by atoms with Crippen LogP contribution in [0, 0.1) is 5.92 Å². The molecule has 19 heavy (non-hydrogen) atoms. The first-order valence-electron chi connectivity index (χ1n) is 7.66. The lowest BCUT2D eigenvalue weighted by atomic mass is 9.69. The van der Waals surface area contributed by atoms with Gasteiger partial charge in [0.15, 0.2) is 0 Å². The van der Waals surface area contributed by atoms with E-state index in [1.807, 2.05) is 0 Å². The highest BCUT2D eigenvalue weighted by molar-refractivity contribution is 5.38. The summed E-state index contributed by atoms with van der Waals surface area (Å²) in [7, 11) is 0. The molecular formula is C17H25NO. The fraction of sp³-hybridized carbons (Fsp3) is 0.647. The number of piperidine rings is 1. The molecule has 0 bridgehead atoms. The zero-order valence-corrected chi connectivity index (χ0v) is 12.0. The summed E-state index contributed by atoms with van der Waals surface area (Å²) in [5, 5.41) is 14.9. The largest absolute Gasteiger partial charge is 0.384 e. The van der Waals surface area contributed by atoms with Crippen molar-refractivity contribution in [3.63, 3.8) is 0 Å². The summed E-state index contributed by atoms with van der Waals surface area (Å²) in [5.74, 6) is 1.28. The monoisotopic (exact) mass is 259 g/mol. The number of benzene rings is 1. The molecule has 0 aromatic heterocycles. The summed E-state index contributed by atoms with van der Waals surface area (Å²) >= 11 is 0. The summed E-state index contributed by atoms with van der Waals surface area (Å²) in [4.78, 5) is 0. The van der Waals surface area contributed by atoms with Crippen LogP contribution in [0.5, 0.6) is 0 Å². The van der Waals surface area contributed by atoms with Crippen LogP contribution in [0.15, 0.2) is 24.3 Å². The molecule has 1 aliphatic heterocycles. The van der Waals surface area contributed by atoms with E-state index in [0.29, 0.717) is 11.8 Å². The smallest absolute Gasteiger partial charge is 0.105 e. The number of hydrogen-bond donors (Lipinski definition) is 2. The minimum atomic E-state index is -0.669. The maximum absolute atomic E-state index is 11.3. The third kappa shape index (κ3) is 2.21. The SMILES string of the molecule is CC1CCNC(C2(O)CCC(C)c3ccccc32)C1. The number of hydrogen-bond acceptors (Lipinski definition) is 2. The first-order chi connectivity index (χ1) is 9.11. The third-order valence-corrected chi connectivity index (χ3v) is 5.16. The molecule has 1 aliphatic carbocycles. The van der Waals surface area contributed by atoms with Crippen molar-refractivity contribution < 1.29 is 5.11 Å². The van der Waals surface area contributed by atoms with Crippen LogP contribution in [0.25, 0.3) is 0 Å². The highest BCUT2D eigenvalue weighted by Crippen LogP contribution is 2.44. The van der Waals surface area contributed by atoms with E-state index in [4.69, 9.17) is 0 Å². The number of rotatable bonds is 1. The van der Waals surface area contributed by atoms with Crippen molar-refractivity contribution in [2.45, 2.75) is 57.1 Å². The molecule has 1 aromatic rings. The minimum absolute atomic E-state index is 0.213. The first-order valence-corrected chi connectivity index (χ1v) is 7.66. The van der Waals surface area contributed by atoms with E-state index >= 15 is 0 Å². The summed E-state index contributed by atoms with van der Waals surface area (Å²) in [6.45, 7) is 5.61. The Hall–Kier alpha value is -0.860. The van der Waals surface area contributed by atoms with Crippen LogP contribution in [0.4, 0.5) is 0 Å². The van der Waals surface area contributed by atoms with Crippen LogP contribution in [0.2, 0.25) is 0 Å². The molecule has 0 amide bonds. The quantitative estimate of drug-likeness (QED) is 0.812. The Kier molecular flexibility index (Phi) is 3.40. The van der Waals surface area contributed by atoms with Crippen LogP contribution < -0.4 is 5.32 Å².